The molecule has 5 nitrogen and oxygen atoms in total. The molecule has 1 aromatic carbocycles. The molecule has 16 heavy (non-hydrogen) atoms. The van der Waals surface area contributed by atoms with Gasteiger partial charge >= 0.3 is 0 Å². The van der Waals surface area contributed by atoms with Gasteiger partial charge in [-0.1, -0.05) is 12.1 Å². The molecule has 2 rings (SSSR count). The van der Waals surface area contributed by atoms with Crippen LogP contribution in [0.3, 0.4) is 0 Å². The van der Waals surface area contributed by atoms with Crippen LogP contribution in [0.15, 0.2) is 24.3 Å². The molecule has 0 saturated carbocycles. The lowest BCUT2D eigenvalue weighted by molar-refractivity contribution is -0.384. The van der Waals surface area contributed by atoms with Gasteiger partial charge in [0.05, 0.1) is 17.6 Å². The van der Waals surface area contributed by atoms with Crippen LogP contribution in [0.5, 0.6) is 0 Å². The molecule has 1 fully saturated rings. The van der Waals surface area contributed by atoms with E-state index in [2.05, 4.69) is 5.32 Å². The van der Waals surface area contributed by atoms with Crippen molar-refractivity contribution in [3.05, 3.63) is 39.9 Å². The zero-order valence-corrected chi connectivity index (χ0v) is 8.89. The first-order chi connectivity index (χ1) is 7.77. The summed E-state index contributed by atoms with van der Waals surface area (Å²) in [6, 6.07) is 6.76. The van der Waals surface area contributed by atoms with Crippen LogP contribution < -0.4 is 5.32 Å². The Kier molecular flexibility index (Phi) is 3.48. The highest BCUT2D eigenvalue weighted by Gasteiger charge is 2.16. The van der Waals surface area contributed by atoms with Crippen molar-refractivity contribution >= 4 is 5.69 Å². The van der Waals surface area contributed by atoms with Crippen molar-refractivity contribution in [1.29, 1.82) is 0 Å². The number of nitro groups is 1. The third-order valence-corrected chi connectivity index (χ3v) is 2.62. The summed E-state index contributed by atoms with van der Waals surface area (Å²) in [5.74, 6) is 0. The van der Waals surface area contributed by atoms with Crippen molar-refractivity contribution in [2.24, 2.45) is 0 Å². The number of benzene rings is 1. The number of nitro benzene ring substituents is 1. The van der Waals surface area contributed by atoms with Gasteiger partial charge in [-0.3, -0.25) is 10.1 Å². The Bertz CT molecular complexity index is 373. The van der Waals surface area contributed by atoms with Crippen molar-refractivity contribution in [3.8, 4) is 0 Å². The van der Waals surface area contributed by atoms with Crippen molar-refractivity contribution < 1.29 is 9.66 Å². The summed E-state index contributed by atoms with van der Waals surface area (Å²) in [5.41, 5.74) is 1.04. The average Bonchev–Trinajstić information content (AvgIpc) is 2.57. The second-order valence-corrected chi connectivity index (χ2v) is 3.79. The van der Waals surface area contributed by atoms with Crippen molar-refractivity contribution in [2.75, 3.05) is 19.8 Å². The SMILES string of the molecule is O=[N+]([O-])c1cccc(C2COCCCN2)c1. The summed E-state index contributed by atoms with van der Waals surface area (Å²) in [6.45, 7) is 2.20. The van der Waals surface area contributed by atoms with E-state index in [1.165, 1.54) is 6.07 Å². The van der Waals surface area contributed by atoms with Crippen molar-refractivity contribution in [3.63, 3.8) is 0 Å². The maximum absolute atomic E-state index is 10.7. The topological polar surface area (TPSA) is 64.4 Å². The third kappa shape index (κ3) is 2.56. The Morgan fingerprint density at radius 3 is 3.19 bits per heavy atom. The van der Waals surface area contributed by atoms with Gasteiger partial charge in [0.25, 0.3) is 5.69 Å². The number of nitrogens with one attached hydrogen (secondary N) is 1. The predicted molar refractivity (Wildman–Crippen MR) is 59.3 cm³/mol. The maximum atomic E-state index is 10.7. The van der Waals surface area contributed by atoms with Crippen LogP contribution in [0.4, 0.5) is 5.69 Å². The van der Waals surface area contributed by atoms with E-state index < -0.39 is 0 Å². The molecule has 0 spiro atoms. The summed E-state index contributed by atoms with van der Waals surface area (Å²) in [5, 5.41) is 14.0. The summed E-state index contributed by atoms with van der Waals surface area (Å²) in [4.78, 5) is 10.3. The minimum absolute atomic E-state index is 0.0578. The summed E-state index contributed by atoms with van der Waals surface area (Å²) in [7, 11) is 0. The van der Waals surface area contributed by atoms with Gasteiger partial charge in [0.1, 0.15) is 0 Å². The summed E-state index contributed by atoms with van der Waals surface area (Å²) in [6.07, 6.45) is 0.978. The van der Waals surface area contributed by atoms with E-state index in [0.29, 0.717) is 6.61 Å². The molecule has 0 bridgehead atoms. The fourth-order valence-corrected chi connectivity index (χ4v) is 1.78. The lowest BCUT2D eigenvalue weighted by Crippen LogP contribution is -2.23. The molecular weight excluding hydrogens is 208 g/mol. The van der Waals surface area contributed by atoms with Gasteiger partial charge in [-0.2, -0.15) is 0 Å². The lowest BCUT2D eigenvalue weighted by atomic mass is 10.1. The molecular formula is C11H14N2O3. The minimum atomic E-state index is -0.374. The molecule has 0 amide bonds. The highest BCUT2D eigenvalue weighted by atomic mass is 16.6. The van der Waals surface area contributed by atoms with E-state index in [0.717, 1.165) is 25.1 Å². The fourth-order valence-electron chi connectivity index (χ4n) is 1.78. The van der Waals surface area contributed by atoms with Gasteiger partial charge in [0.15, 0.2) is 0 Å². The molecule has 0 aliphatic carbocycles. The van der Waals surface area contributed by atoms with Crippen molar-refractivity contribution in [2.45, 2.75) is 12.5 Å². The van der Waals surface area contributed by atoms with Gasteiger partial charge < -0.3 is 10.1 Å². The van der Waals surface area contributed by atoms with Crippen LogP contribution >= 0.6 is 0 Å². The van der Waals surface area contributed by atoms with E-state index in [4.69, 9.17) is 4.74 Å². The molecule has 1 atom stereocenters. The number of hydrogen-bond acceptors (Lipinski definition) is 4. The smallest absolute Gasteiger partial charge is 0.269 e. The molecule has 1 aliphatic rings. The number of nitrogens with zero attached hydrogens (tertiary/aromatic N) is 1. The molecule has 1 unspecified atom stereocenters. The zero-order valence-electron chi connectivity index (χ0n) is 8.89. The molecule has 1 aliphatic heterocycles. The summed E-state index contributed by atoms with van der Waals surface area (Å²) >= 11 is 0. The summed E-state index contributed by atoms with van der Waals surface area (Å²) < 4.78 is 5.43. The van der Waals surface area contributed by atoms with Crippen molar-refractivity contribution in [1.82, 2.24) is 5.32 Å². The zero-order chi connectivity index (χ0) is 11.4. The Morgan fingerprint density at radius 1 is 1.50 bits per heavy atom. The molecule has 1 aromatic rings. The molecule has 1 heterocycles. The van der Waals surface area contributed by atoms with Crippen LogP contribution in [-0.2, 0) is 4.74 Å². The van der Waals surface area contributed by atoms with E-state index in [1.807, 2.05) is 6.07 Å². The van der Waals surface area contributed by atoms with Gasteiger partial charge in [0.2, 0.25) is 0 Å². The fraction of sp³-hybridized carbons (Fsp3) is 0.455. The van der Waals surface area contributed by atoms with Gasteiger partial charge in [-0.15, -0.1) is 0 Å². The van der Waals surface area contributed by atoms with Crippen LogP contribution in [0.25, 0.3) is 0 Å². The number of ether oxygens (including phenoxy) is 1. The molecule has 86 valence electrons. The van der Waals surface area contributed by atoms with E-state index in [9.17, 15) is 10.1 Å². The normalized spacial score (nSPS) is 21.4. The van der Waals surface area contributed by atoms with E-state index in [-0.39, 0.29) is 16.7 Å². The largest absolute Gasteiger partial charge is 0.379 e. The number of non-ortho nitro benzene ring substituents is 1. The minimum Gasteiger partial charge on any atom is -0.379 e. The first-order valence-corrected chi connectivity index (χ1v) is 5.33. The standard InChI is InChI=1S/C11H14N2O3/c14-13(15)10-4-1-3-9(7-10)11-8-16-6-2-5-12-11/h1,3-4,7,11-12H,2,5-6,8H2. The second kappa shape index (κ2) is 5.05. The molecule has 0 radical (unpaired) electrons. The second-order valence-electron chi connectivity index (χ2n) is 3.79. The highest BCUT2D eigenvalue weighted by Crippen LogP contribution is 2.20. The first-order valence-electron chi connectivity index (χ1n) is 5.33. The Hall–Kier alpha value is -1.46. The van der Waals surface area contributed by atoms with Gasteiger partial charge in [-0.05, 0) is 18.5 Å². The number of rotatable bonds is 2. The monoisotopic (exact) mass is 222 g/mol. The molecule has 0 aromatic heterocycles. The maximum Gasteiger partial charge on any atom is 0.269 e. The van der Waals surface area contributed by atoms with Crippen LogP contribution in [0.1, 0.15) is 18.0 Å². The quantitative estimate of drug-likeness (QED) is 0.610. The Balaban J connectivity index is 2.18. The molecule has 1 saturated heterocycles. The van der Waals surface area contributed by atoms with Gasteiger partial charge in [-0.25, -0.2) is 0 Å². The van der Waals surface area contributed by atoms with Crippen LogP contribution in [-0.4, -0.2) is 24.7 Å². The average molecular weight is 222 g/mol. The number of hydrogen-bond donors (Lipinski definition) is 1. The van der Waals surface area contributed by atoms with Crippen LogP contribution in [0, 0.1) is 10.1 Å². The van der Waals surface area contributed by atoms with E-state index >= 15 is 0 Å². The van der Waals surface area contributed by atoms with Crippen LogP contribution in [0.2, 0.25) is 0 Å². The van der Waals surface area contributed by atoms with Gasteiger partial charge in [0, 0.05) is 18.7 Å². The predicted octanol–water partition coefficient (Wildman–Crippen LogP) is 1.65. The Morgan fingerprint density at radius 2 is 2.38 bits per heavy atom. The van der Waals surface area contributed by atoms with E-state index in [1.54, 1.807) is 12.1 Å². The molecule has 1 N–H and O–H groups in total. The lowest BCUT2D eigenvalue weighted by Gasteiger charge is -2.15. The first kappa shape index (κ1) is 11.0. The molecule has 5 heteroatoms. The Labute approximate surface area is 93.6 Å². The third-order valence-electron chi connectivity index (χ3n) is 2.62. The highest BCUT2D eigenvalue weighted by molar-refractivity contribution is 5.35.